The first kappa shape index (κ1) is 24.9. The Hall–Kier alpha value is -4.43. The number of carboxylic acids is 1. The standard InChI is InChI=1S/C31H28N4O4/c1-17-15-23-20(5-7-22(35-23)19-10-13-33-34-16-19)27(25(17)29(30(36)37)39-31(2,3)4)21-6-8-24-26-18(11-14-38-24)9-12-32-28(21)26/h5-10,12-13,15-16,29H,11,14H2,1-4H3,(H,36,37). The fourth-order valence-corrected chi connectivity index (χ4v) is 5.34. The summed E-state index contributed by atoms with van der Waals surface area (Å²) in [5.74, 6) is -0.270. The quantitative estimate of drug-likeness (QED) is 0.297. The van der Waals surface area contributed by atoms with E-state index in [1.54, 1.807) is 18.6 Å². The second-order valence-corrected chi connectivity index (χ2v) is 10.7. The Kier molecular flexibility index (Phi) is 5.99. The lowest BCUT2D eigenvalue weighted by Gasteiger charge is -2.29. The van der Waals surface area contributed by atoms with E-state index >= 15 is 0 Å². The monoisotopic (exact) mass is 520 g/mol. The van der Waals surface area contributed by atoms with Crippen LogP contribution in [0.2, 0.25) is 0 Å². The highest BCUT2D eigenvalue weighted by Crippen LogP contribution is 2.45. The summed E-state index contributed by atoms with van der Waals surface area (Å²) in [5.41, 5.74) is 6.47. The zero-order valence-electron chi connectivity index (χ0n) is 22.2. The zero-order chi connectivity index (χ0) is 27.3. The molecule has 3 aromatic heterocycles. The van der Waals surface area contributed by atoms with Gasteiger partial charge in [0.25, 0.3) is 0 Å². The molecule has 8 nitrogen and oxygen atoms in total. The average Bonchev–Trinajstić information content (AvgIpc) is 2.91. The summed E-state index contributed by atoms with van der Waals surface area (Å²) in [6.07, 6.45) is 4.69. The highest BCUT2D eigenvalue weighted by atomic mass is 16.5. The van der Waals surface area contributed by atoms with Crippen molar-refractivity contribution in [3.63, 3.8) is 0 Å². The van der Waals surface area contributed by atoms with Gasteiger partial charge in [-0.1, -0.05) is 6.07 Å². The maximum atomic E-state index is 12.7. The maximum absolute atomic E-state index is 12.7. The number of hydrogen-bond acceptors (Lipinski definition) is 7. The molecule has 0 aliphatic carbocycles. The van der Waals surface area contributed by atoms with Crippen molar-refractivity contribution < 1.29 is 19.4 Å². The molecule has 0 saturated heterocycles. The van der Waals surface area contributed by atoms with Gasteiger partial charge < -0.3 is 14.6 Å². The minimum absolute atomic E-state index is 0.587. The largest absolute Gasteiger partial charge is 0.493 e. The third-order valence-electron chi connectivity index (χ3n) is 6.92. The van der Waals surface area contributed by atoms with E-state index in [9.17, 15) is 9.90 Å². The molecule has 39 heavy (non-hydrogen) atoms. The summed E-state index contributed by atoms with van der Waals surface area (Å²) >= 11 is 0. The summed E-state index contributed by atoms with van der Waals surface area (Å²) in [5, 5.41) is 20.0. The summed E-state index contributed by atoms with van der Waals surface area (Å²) in [4.78, 5) is 22.5. The number of ether oxygens (including phenoxy) is 2. The Bertz CT molecular complexity index is 1740. The van der Waals surface area contributed by atoms with Crippen molar-refractivity contribution in [1.82, 2.24) is 20.2 Å². The topological polar surface area (TPSA) is 107 Å². The normalized spacial score (nSPS) is 13.8. The number of nitrogens with zero attached hydrogens (tertiary/aromatic N) is 4. The Labute approximate surface area is 225 Å². The number of carboxylic acid groups (broad SMARTS) is 1. The lowest BCUT2D eigenvalue weighted by Crippen LogP contribution is -2.28. The first-order valence-corrected chi connectivity index (χ1v) is 12.9. The first-order valence-electron chi connectivity index (χ1n) is 12.9. The number of aliphatic carboxylic acids is 1. The lowest BCUT2D eigenvalue weighted by molar-refractivity contribution is -0.160. The van der Waals surface area contributed by atoms with Crippen molar-refractivity contribution in [1.29, 1.82) is 0 Å². The second kappa shape index (κ2) is 9.39. The number of aromatic nitrogens is 4. The molecule has 1 N–H and O–H groups in total. The van der Waals surface area contributed by atoms with Crippen molar-refractivity contribution in [2.45, 2.75) is 45.8 Å². The van der Waals surface area contributed by atoms with Crippen LogP contribution in [0.15, 0.2) is 61.1 Å². The predicted molar refractivity (Wildman–Crippen MR) is 149 cm³/mol. The van der Waals surface area contributed by atoms with Gasteiger partial charge in [0.15, 0.2) is 6.10 Å². The summed E-state index contributed by atoms with van der Waals surface area (Å²) < 4.78 is 12.1. The van der Waals surface area contributed by atoms with Crippen LogP contribution in [-0.4, -0.2) is 43.4 Å². The summed E-state index contributed by atoms with van der Waals surface area (Å²) in [6.45, 7) is 8.09. The van der Waals surface area contributed by atoms with Gasteiger partial charge in [0, 0.05) is 40.1 Å². The SMILES string of the molecule is Cc1cc2nc(-c3ccnnc3)ccc2c(-c2ccc3c4c(ccnc24)CCO3)c1C(OC(C)(C)C)C(=O)O. The smallest absolute Gasteiger partial charge is 0.337 e. The van der Waals surface area contributed by atoms with E-state index in [2.05, 4.69) is 10.2 Å². The molecular formula is C31H28N4O4. The second-order valence-electron chi connectivity index (χ2n) is 10.7. The molecule has 1 unspecified atom stereocenters. The van der Waals surface area contributed by atoms with E-state index in [0.717, 1.165) is 67.5 Å². The Morgan fingerprint density at radius 2 is 1.92 bits per heavy atom. The molecule has 0 amide bonds. The Morgan fingerprint density at radius 3 is 2.67 bits per heavy atom. The summed E-state index contributed by atoms with van der Waals surface area (Å²) in [7, 11) is 0. The molecule has 0 spiro atoms. The number of hydrogen-bond donors (Lipinski definition) is 1. The van der Waals surface area contributed by atoms with Gasteiger partial charge in [-0.15, -0.1) is 0 Å². The van der Waals surface area contributed by atoms with Crippen molar-refractivity contribution in [3.8, 4) is 28.1 Å². The Morgan fingerprint density at radius 1 is 1.08 bits per heavy atom. The van der Waals surface area contributed by atoms with Crippen LogP contribution in [0.4, 0.5) is 0 Å². The van der Waals surface area contributed by atoms with Crippen LogP contribution < -0.4 is 4.74 Å². The van der Waals surface area contributed by atoms with Crippen LogP contribution in [0.1, 0.15) is 43.6 Å². The van der Waals surface area contributed by atoms with Gasteiger partial charge in [-0.05, 0) is 80.8 Å². The predicted octanol–water partition coefficient (Wildman–Crippen LogP) is 6.09. The molecular weight excluding hydrogens is 492 g/mol. The van der Waals surface area contributed by atoms with Gasteiger partial charge in [0.2, 0.25) is 0 Å². The van der Waals surface area contributed by atoms with Crippen molar-refractivity contribution in [2.75, 3.05) is 6.61 Å². The maximum Gasteiger partial charge on any atom is 0.337 e. The van der Waals surface area contributed by atoms with Crippen molar-refractivity contribution in [2.24, 2.45) is 0 Å². The average molecular weight is 521 g/mol. The molecule has 1 aliphatic heterocycles. The minimum atomic E-state index is -1.20. The van der Waals surface area contributed by atoms with Gasteiger partial charge in [-0.25, -0.2) is 9.78 Å². The molecule has 0 radical (unpaired) electrons. The van der Waals surface area contributed by atoms with Gasteiger partial charge >= 0.3 is 5.97 Å². The Balaban J connectivity index is 1.70. The van der Waals surface area contributed by atoms with E-state index in [0.29, 0.717) is 12.2 Å². The van der Waals surface area contributed by atoms with E-state index in [1.165, 1.54) is 0 Å². The van der Waals surface area contributed by atoms with Crippen LogP contribution in [-0.2, 0) is 16.0 Å². The molecule has 0 bridgehead atoms. The fourth-order valence-electron chi connectivity index (χ4n) is 5.34. The molecule has 8 heteroatoms. The van der Waals surface area contributed by atoms with E-state index in [1.807, 2.05) is 70.2 Å². The minimum Gasteiger partial charge on any atom is -0.493 e. The number of carbonyl (C=O) groups is 1. The lowest BCUT2D eigenvalue weighted by atomic mass is 9.86. The third kappa shape index (κ3) is 4.46. The van der Waals surface area contributed by atoms with Gasteiger partial charge in [0.1, 0.15) is 5.75 Å². The number of pyridine rings is 2. The molecule has 196 valence electrons. The summed E-state index contributed by atoms with van der Waals surface area (Å²) in [6, 6.07) is 13.6. The van der Waals surface area contributed by atoms with Crippen molar-refractivity contribution >= 4 is 27.8 Å². The van der Waals surface area contributed by atoms with E-state index in [-0.39, 0.29) is 0 Å². The fraction of sp³-hybridized carbons (Fsp3) is 0.258. The number of rotatable bonds is 5. The van der Waals surface area contributed by atoms with Gasteiger partial charge in [0.05, 0.1) is 41.3 Å². The number of benzene rings is 2. The van der Waals surface area contributed by atoms with Crippen LogP contribution >= 0.6 is 0 Å². The van der Waals surface area contributed by atoms with E-state index in [4.69, 9.17) is 19.4 Å². The highest BCUT2D eigenvalue weighted by Gasteiger charge is 2.33. The van der Waals surface area contributed by atoms with Crippen LogP contribution in [0, 0.1) is 6.92 Å². The molecule has 0 saturated carbocycles. The molecule has 1 aliphatic rings. The number of aryl methyl sites for hydroxylation is 1. The number of fused-ring (bicyclic) bond motifs is 1. The third-order valence-corrected chi connectivity index (χ3v) is 6.92. The van der Waals surface area contributed by atoms with Gasteiger partial charge in [-0.2, -0.15) is 10.2 Å². The molecule has 2 aromatic carbocycles. The first-order chi connectivity index (χ1) is 18.7. The van der Waals surface area contributed by atoms with Gasteiger partial charge in [-0.3, -0.25) is 4.98 Å². The van der Waals surface area contributed by atoms with Crippen LogP contribution in [0.5, 0.6) is 5.75 Å². The molecule has 6 rings (SSSR count). The van der Waals surface area contributed by atoms with Crippen molar-refractivity contribution in [3.05, 3.63) is 77.7 Å². The van der Waals surface area contributed by atoms with Crippen LogP contribution in [0.3, 0.4) is 0 Å². The molecule has 5 aromatic rings. The molecule has 1 atom stereocenters. The van der Waals surface area contributed by atoms with E-state index < -0.39 is 17.7 Å². The zero-order valence-corrected chi connectivity index (χ0v) is 22.2. The molecule has 4 heterocycles. The molecule has 0 fully saturated rings. The highest BCUT2D eigenvalue weighted by molar-refractivity contribution is 6.08. The van der Waals surface area contributed by atoms with Crippen LogP contribution in [0.25, 0.3) is 44.2 Å².